The number of para-hydroxylation sites is 1. The zero-order valence-corrected chi connectivity index (χ0v) is 14.6. The molecule has 1 aliphatic heterocycles. The molecule has 2 aromatic carbocycles. The fourth-order valence-electron chi connectivity index (χ4n) is 2.70. The molecule has 3 nitrogen and oxygen atoms in total. The number of thioether (sulfide) groups is 1. The Labute approximate surface area is 148 Å². The lowest BCUT2D eigenvalue weighted by Crippen LogP contribution is -3.00. The van der Waals surface area contributed by atoms with Crippen LogP contribution < -0.4 is 21.5 Å². The van der Waals surface area contributed by atoms with Gasteiger partial charge in [0.05, 0.1) is 0 Å². The average molecular weight is 395 g/mol. The standard InChI is InChI=1S/C17H14FN2S.BrH.H2O/c18-14-8-6-13(7-9-14)16-12-20(15-4-2-1-3-5-15)17-19(16)10-11-21-17;;/h1-9,12H,10-11H2;1H;1H2/q+1;;/p-1. The molecule has 120 valence electrons. The zero-order valence-electron chi connectivity index (χ0n) is 12.2. The smallest absolute Gasteiger partial charge is 0.323 e. The molecule has 0 fully saturated rings. The maximum Gasteiger partial charge on any atom is 0.323 e. The maximum absolute atomic E-state index is 13.1. The monoisotopic (exact) mass is 394 g/mol. The van der Waals surface area contributed by atoms with Gasteiger partial charge in [-0.05, 0) is 48.2 Å². The summed E-state index contributed by atoms with van der Waals surface area (Å²) in [7, 11) is 0. The van der Waals surface area contributed by atoms with E-state index < -0.39 is 0 Å². The highest BCUT2D eigenvalue weighted by atomic mass is 79.9. The van der Waals surface area contributed by atoms with Gasteiger partial charge in [-0.15, -0.1) is 0 Å². The Balaban J connectivity index is 0.000000960. The average Bonchev–Trinajstić information content (AvgIpc) is 3.11. The predicted molar refractivity (Wildman–Crippen MR) is 85.7 cm³/mol. The minimum absolute atomic E-state index is 0. The summed E-state index contributed by atoms with van der Waals surface area (Å²) in [6.07, 6.45) is 2.14. The van der Waals surface area contributed by atoms with Crippen molar-refractivity contribution in [2.75, 3.05) is 5.75 Å². The summed E-state index contributed by atoms with van der Waals surface area (Å²) in [5.74, 6) is 0.884. The van der Waals surface area contributed by atoms with Gasteiger partial charge in [-0.1, -0.05) is 18.2 Å². The van der Waals surface area contributed by atoms with Crippen molar-refractivity contribution < 1.29 is 31.4 Å². The minimum Gasteiger partial charge on any atom is -1.00 e. The Kier molecular flexibility index (Phi) is 5.62. The number of imidazole rings is 1. The molecule has 0 bridgehead atoms. The molecular weight excluding hydrogens is 379 g/mol. The SMILES string of the molecule is Fc1ccc(-c2cn(-c3ccccc3)c3[n+]2CCS3)cc1.O.[Br-]. The molecule has 0 amide bonds. The highest BCUT2D eigenvalue weighted by Gasteiger charge is 2.30. The quantitative estimate of drug-likeness (QED) is 0.557. The molecule has 6 heteroatoms. The van der Waals surface area contributed by atoms with Gasteiger partial charge < -0.3 is 22.5 Å². The fraction of sp³-hybridized carbons (Fsp3) is 0.118. The van der Waals surface area contributed by atoms with Crippen LogP contribution >= 0.6 is 11.8 Å². The van der Waals surface area contributed by atoms with Gasteiger partial charge in [0, 0.05) is 11.3 Å². The number of nitrogens with zero attached hydrogens (tertiary/aromatic N) is 2. The second kappa shape index (κ2) is 7.29. The number of aromatic nitrogens is 2. The van der Waals surface area contributed by atoms with Crippen molar-refractivity contribution >= 4 is 11.8 Å². The van der Waals surface area contributed by atoms with Gasteiger partial charge in [0.25, 0.3) is 0 Å². The van der Waals surface area contributed by atoms with Crippen molar-refractivity contribution in [3.05, 3.63) is 66.6 Å². The van der Waals surface area contributed by atoms with Crippen molar-refractivity contribution in [3.8, 4) is 16.9 Å². The van der Waals surface area contributed by atoms with Crippen LogP contribution in [-0.4, -0.2) is 15.8 Å². The first-order chi connectivity index (χ1) is 10.3. The van der Waals surface area contributed by atoms with E-state index >= 15 is 0 Å². The first-order valence-electron chi connectivity index (χ1n) is 6.92. The molecule has 0 saturated carbocycles. The van der Waals surface area contributed by atoms with Crippen molar-refractivity contribution in [2.24, 2.45) is 0 Å². The highest BCUT2D eigenvalue weighted by Crippen LogP contribution is 2.29. The molecule has 0 spiro atoms. The number of hydrogen-bond donors (Lipinski definition) is 0. The van der Waals surface area contributed by atoms with Crippen LogP contribution in [0, 0.1) is 5.82 Å². The number of halogens is 2. The van der Waals surface area contributed by atoms with Gasteiger partial charge in [-0.2, -0.15) is 4.57 Å². The molecule has 1 aliphatic rings. The van der Waals surface area contributed by atoms with E-state index in [1.54, 1.807) is 0 Å². The molecule has 3 aromatic rings. The summed E-state index contributed by atoms with van der Waals surface area (Å²) in [6, 6.07) is 17.0. The molecule has 2 N–H and O–H groups in total. The topological polar surface area (TPSA) is 40.3 Å². The normalized spacial score (nSPS) is 12.2. The summed E-state index contributed by atoms with van der Waals surface area (Å²) in [6.45, 7) is 0.993. The highest BCUT2D eigenvalue weighted by molar-refractivity contribution is 7.99. The van der Waals surface area contributed by atoms with Gasteiger partial charge in [-0.3, -0.25) is 0 Å². The largest absolute Gasteiger partial charge is 1.00 e. The lowest BCUT2D eigenvalue weighted by Gasteiger charge is -1.97. The minimum atomic E-state index is -0.197. The molecule has 0 aliphatic carbocycles. The van der Waals surface area contributed by atoms with Crippen LogP contribution in [0.15, 0.2) is 66.0 Å². The molecule has 0 radical (unpaired) electrons. The van der Waals surface area contributed by atoms with E-state index in [4.69, 9.17) is 0 Å². The van der Waals surface area contributed by atoms with Crippen LogP contribution in [0.25, 0.3) is 16.9 Å². The van der Waals surface area contributed by atoms with E-state index in [1.165, 1.54) is 17.3 Å². The summed E-state index contributed by atoms with van der Waals surface area (Å²) in [5.41, 5.74) is 3.35. The molecule has 0 saturated heterocycles. The van der Waals surface area contributed by atoms with Gasteiger partial charge in [0.2, 0.25) is 0 Å². The van der Waals surface area contributed by atoms with Crippen LogP contribution in [0.2, 0.25) is 0 Å². The summed E-state index contributed by atoms with van der Waals surface area (Å²) >= 11 is 1.86. The van der Waals surface area contributed by atoms with Crippen molar-refractivity contribution in [1.29, 1.82) is 0 Å². The van der Waals surface area contributed by atoms with Gasteiger partial charge in [-0.25, -0.2) is 8.96 Å². The maximum atomic E-state index is 13.1. The number of rotatable bonds is 2. The Bertz CT molecular complexity index is 790. The van der Waals surface area contributed by atoms with E-state index in [2.05, 4.69) is 27.5 Å². The molecule has 2 heterocycles. The van der Waals surface area contributed by atoms with Crippen LogP contribution in [-0.2, 0) is 6.54 Å². The Morgan fingerprint density at radius 3 is 2.39 bits per heavy atom. The summed E-state index contributed by atoms with van der Waals surface area (Å²) in [5, 5.41) is 1.24. The van der Waals surface area contributed by atoms with Crippen LogP contribution in [0.1, 0.15) is 0 Å². The third-order valence-corrected chi connectivity index (χ3v) is 4.76. The number of benzene rings is 2. The van der Waals surface area contributed by atoms with Crippen molar-refractivity contribution in [3.63, 3.8) is 0 Å². The van der Waals surface area contributed by atoms with E-state index in [-0.39, 0.29) is 28.3 Å². The number of fused-ring (bicyclic) bond motifs is 1. The van der Waals surface area contributed by atoms with Crippen LogP contribution in [0.4, 0.5) is 4.39 Å². The predicted octanol–water partition coefficient (Wildman–Crippen LogP) is -0.144. The Morgan fingerprint density at radius 2 is 1.70 bits per heavy atom. The van der Waals surface area contributed by atoms with Crippen LogP contribution in [0.5, 0.6) is 0 Å². The molecule has 4 rings (SSSR count). The fourth-order valence-corrected chi connectivity index (χ4v) is 3.80. The number of hydrogen-bond acceptors (Lipinski definition) is 1. The Morgan fingerprint density at radius 1 is 1.00 bits per heavy atom. The van der Waals surface area contributed by atoms with Crippen molar-refractivity contribution in [2.45, 2.75) is 11.7 Å². The van der Waals surface area contributed by atoms with Gasteiger partial charge >= 0.3 is 5.16 Å². The third kappa shape index (κ3) is 3.20. The Hall–Kier alpha value is -1.63. The first kappa shape index (κ1) is 17.7. The van der Waals surface area contributed by atoms with E-state index in [1.807, 2.05) is 42.1 Å². The second-order valence-corrected chi connectivity index (χ2v) is 6.07. The van der Waals surface area contributed by atoms with Gasteiger partial charge in [0.15, 0.2) is 5.69 Å². The second-order valence-electron chi connectivity index (χ2n) is 5.01. The van der Waals surface area contributed by atoms with E-state index in [9.17, 15) is 4.39 Å². The summed E-state index contributed by atoms with van der Waals surface area (Å²) < 4.78 is 17.7. The molecule has 0 unspecified atom stereocenters. The third-order valence-electron chi connectivity index (χ3n) is 3.70. The lowest BCUT2D eigenvalue weighted by atomic mass is 10.1. The molecule has 23 heavy (non-hydrogen) atoms. The van der Waals surface area contributed by atoms with Gasteiger partial charge in [0.1, 0.15) is 24.2 Å². The first-order valence-corrected chi connectivity index (χ1v) is 7.91. The van der Waals surface area contributed by atoms with E-state index in [0.717, 1.165) is 29.2 Å². The summed E-state index contributed by atoms with van der Waals surface area (Å²) in [4.78, 5) is 0. The molecular formula is C17H16BrFN2OS. The zero-order chi connectivity index (χ0) is 14.2. The lowest BCUT2D eigenvalue weighted by molar-refractivity contribution is -0.713. The van der Waals surface area contributed by atoms with E-state index in [0.29, 0.717) is 0 Å². The molecule has 0 atom stereocenters. The van der Waals surface area contributed by atoms with Crippen molar-refractivity contribution in [1.82, 2.24) is 4.57 Å². The van der Waals surface area contributed by atoms with Crippen LogP contribution in [0.3, 0.4) is 0 Å². The molecule has 1 aromatic heterocycles.